The first kappa shape index (κ1) is 18.8. The molecule has 0 aliphatic carbocycles. The first-order chi connectivity index (χ1) is 11.7. The molecule has 0 aliphatic rings. The van der Waals surface area contributed by atoms with E-state index in [9.17, 15) is 13.2 Å². The van der Waals surface area contributed by atoms with Crippen molar-refractivity contribution in [1.29, 1.82) is 0 Å². The van der Waals surface area contributed by atoms with Gasteiger partial charge < -0.3 is 15.4 Å². The van der Waals surface area contributed by atoms with E-state index in [1.807, 2.05) is 26.0 Å². The normalized spacial score (nSPS) is 12.3. The molecule has 0 aliphatic heterocycles. The quantitative estimate of drug-likeness (QED) is 0.855. The molecule has 0 aromatic heterocycles. The number of ether oxygens (including phenoxy) is 1. The lowest BCUT2D eigenvalue weighted by molar-refractivity contribution is 0.249. The number of sulfone groups is 1. The predicted molar refractivity (Wildman–Crippen MR) is 97.9 cm³/mol. The highest BCUT2D eigenvalue weighted by Crippen LogP contribution is 2.25. The minimum Gasteiger partial charge on any atom is -0.495 e. The van der Waals surface area contributed by atoms with Crippen LogP contribution in [0.1, 0.15) is 24.1 Å². The van der Waals surface area contributed by atoms with Crippen molar-refractivity contribution < 1.29 is 17.9 Å². The van der Waals surface area contributed by atoms with E-state index >= 15 is 0 Å². The number of hydrogen-bond acceptors (Lipinski definition) is 4. The van der Waals surface area contributed by atoms with E-state index in [1.165, 1.54) is 12.1 Å². The van der Waals surface area contributed by atoms with E-state index < -0.39 is 9.84 Å². The fourth-order valence-electron chi connectivity index (χ4n) is 2.36. The Balaban J connectivity index is 2.06. The van der Waals surface area contributed by atoms with Gasteiger partial charge in [-0.25, -0.2) is 13.2 Å². The maximum Gasteiger partial charge on any atom is 0.319 e. The molecule has 1 unspecified atom stereocenters. The third-order valence-electron chi connectivity index (χ3n) is 3.76. The molecule has 0 bridgehead atoms. The van der Waals surface area contributed by atoms with Gasteiger partial charge in [0, 0.05) is 6.26 Å². The maximum absolute atomic E-state index is 12.2. The average Bonchev–Trinajstić information content (AvgIpc) is 2.54. The van der Waals surface area contributed by atoms with Crippen LogP contribution >= 0.6 is 0 Å². The van der Waals surface area contributed by atoms with Gasteiger partial charge in [0.2, 0.25) is 0 Å². The van der Waals surface area contributed by atoms with E-state index in [2.05, 4.69) is 10.6 Å². The van der Waals surface area contributed by atoms with Gasteiger partial charge in [0.1, 0.15) is 5.75 Å². The summed E-state index contributed by atoms with van der Waals surface area (Å²) in [7, 11) is -1.69. The van der Waals surface area contributed by atoms with Gasteiger partial charge in [-0.1, -0.05) is 18.2 Å². The number of urea groups is 1. The van der Waals surface area contributed by atoms with Gasteiger partial charge in [-0.3, -0.25) is 0 Å². The Bertz CT molecular complexity index is 861. The summed E-state index contributed by atoms with van der Waals surface area (Å²) in [5, 5.41) is 5.59. The molecule has 1 atom stereocenters. The minimum absolute atomic E-state index is 0.248. The van der Waals surface area contributed by atoms with E-state index in [0.29, 0.717) is 11.4 Å². The molecular weight excluding hydrogens is 340 g/mol. The predicted octanol–water partition coefficient (Wildman–Crippen LogP) is 3.29. The van der Waals surface area contributed by atoms with Crippen molar-refractivity contribution in [1.82, 2.24) is 5.32 Å². The van der Waals surface area contributed by atoms with Gasteiger partial charge in [-0.05, 0) is 49.2 Å². The Hall–Kier alpha value is -2.54. The Morgan fingerprint density at radius 1 is 1.12 bits per heavy atom. The Morgan fingerprint density at radius 3 is 2.32 bits per heavy atom. The molecular formula is C18H22N2O4S. The summed E-state index contributed by atoms with van der Waals surface area (Å²) in [6.07, 6.45) is 1.16. The van der Waals surface area contributed by atoms with Crippen molar-refractivity contribution in [3.63, 3.8) is 0 Å². The molecule has 2 aromatic rings. The number of hydrogen-bond donors (Lipinski definition) is 2. The summed E-state index contributed by atoms with van der Waals surface area (Å²) in [6, 6.07) is 11.3. The van der Waals surface area contributed by atoms with Gasteiger partial charge in [-0.15, -0.1) is 0 Å². The maximum atomic E-state index is 12.2. The summed E-state index contributed by atoms with van der Waals surface area (Å²) >= 11 is 0. The van der Waals surface area contributed by atoms with Crippen molar-refractivity contribution in [2.24, 2.45) is 0 Å². The molecule has 0 spiro atoms. The molecule has 25 heavy (non-hydrogen) atoms. The Labute approximate surface area is 148 Å². The topological polar surface area (TPSA) is 84.5 Å². The van der Waals surface area contributed by atoms with Gasteiger partial charge >= 0.3 is 6.03 Å². The number of methoxy groups -OCH3 is 1. The lowest BCUT2D eigenvalue weighted by atomic mass is 10.1. The summed E-state index contributed by atoms with van der Waals surface area (Å²) < 4.78 is 28.2. The number of carbonyl (C=O) groups is 1. The van der Waals surface area contributed by atoms with Crippen LogP contribution in [0.5, 0.6) is 5.75 Å². The molecule has 2 N–H and O–H groups in total. The molecule has 7 heteroatoms. The van der Waals surface area contributed by atoms with E-state index in [1.54, 1.807) is 25.3 Å². The molecule has 0 saturated carbocycles. The highest BCUT2D eigenvalue weighted by atomic mass is 32.2. The summed E-state index contributed by atoms with van der Waals surface area (Å²) in [6.45, 7) is 3.75. The van der Waals surface area contributed by atoms with Gasteiger partial charge in [0.15, 0.2) is 9.84 Å². The van der Waals surface area contributed by atoms with Crippen LogP contribution in [0.3, 0.4) is 0 Å². The van der Waals surface area contributed by atoms with Gasteiger partial charge in [0.05, 0.1) is 23.7 Å². The second-order valence-corrected chi connectivity index (χ2v) is 7.88. The van der Waals surface area contributed by atoms with Crippen LogP contribution in [-0.2, 0) is 9.84 Å². The second-order valence-electron chi connectivity index (χ2n) is 5.87. The van der Waals surface area contributed by atoms with Crippen molar-refractivity contribution in [3.8, 4) is 5.75 Å². The summed E-state index contributed by atoms with van der Waals surface area (Å²) in [4.78, 5) is 12.5. The van der Waals surface area contributed by atoms with E-state index in [4.69, 9.17) is 4.74 Å². The zero-order chi connectivity index (χ0) is 18.6. The Kier molecular flexibility index (Phi) is 5.69. The van der Waals surface area contributed by atoms with Gasteiger partial charge in [-0.2, -0.15) is 0 Å². The minimum atomic E-state index is -3.23. The third-order valence-corrected chi connectivity index (χ3v) is 4.89. The molecule has 2 aromatic carbocycles. The van der Waals surface area contributed by atoms with Crippen LogP contribution in [0.15, 0.2) is 47.4 Å². The first-order valence-electron chi connectivity index (χ1n) is 7.73. The van der Waals surface area contributed by atoms with Crippen molar-refractivity contribution in [3.05, 3.63) is 53.6 Å². The molecule has 6 nitrogen and oxygen atoms in total. The summed E-state index contributed by atoms with van der Waals surface area (Å²) in [5.74, 6) is 0.575. The van der Waals surface area contributed by atoms with Crippen molar-refractivity contribution in [2.75, 3.05) is 18.7 Å². The number of carbonyl (C=O) groups excluding carboxylic acids is 1. The third kappa shape index (κ3) is 4.96. The van der Waals surface area contributed by atoms with Crippen LogP contribution in [0.2, 0.25) is 0 Å². The smallest absolute Gasteiger partial charge is 0.319 e. The number of anilines is 1. The molecule has 2 rings (SSSR count). The fourth-order valence-corrected chi connectivity index (χ4v) is 2.99. The van der Waals surface area contributed by atoms with E-state index in [0.717, 1.165) is 17.4 Å². The number of rotatable bonds is 5. The molecule has 0 saturated heterocycles. The number of amides is 2. The molecule has 2 amide bonds. The zero-order valence-corrected chi connectivity index (χ0v) is 15.5. The standard InChI is InChI=1S/C18H22N2O4S/c1-12-5-10-17(24-3)16(11-12)20-18(21)19-13(2)14-6-8-15(9-7-14)25(4,22)23/h5-11,13H,1-4H3,(H2,19,20,21). The average molecular weight is 362 g/mol. The number of nitrogens with one attached hydrogen (secondary N) is 2. The van der Waals surface area contributed by atoms with Crippen LogP contribution < -0.4 is 15.4 Å². The van der Waals surface area contributed by atoms with Gasteiger partial charge in [0.25, 0.3) is 0 Å². The molecule has 134 valence electrons. The highest BCUT2D eigenvalue weighted by Gasteiger charge is 2.13. The number of benzene rings is 2. The lowest BCUT2D eigenvalue weighted by Gasteiger charge is -2.17. The van der Waals surface area contributed by atoms with Crippen LogP contribution in [0, 0.1) is 6.92 Å². The zero-order valence-electron chi connectivity index (χ0n) is 14.7. The molecule has 0 heterocycles. The second kappa shape index (κ2) is 7.57. The fraction of sp³-hybridized carbons (Fsp3) is 0.278. The monoisotopic (exact) mass is 362 g/mol. The largest absolute Gasteiger partial charge is 0.495 e. The highest BCUT2D eigenvalue weighted by molar-refractivity contribution is 7.90. The molecule has 0 radical (unpaired) electrons. The summed E-state index contributed by atoms with van der Waals surface area (Å²) in [5.41, 5.74) is 2.39. The molecule has 0 fully saturated rings. The van der Waals surface area contributed by atoms with Crippen LogP contribution in [-0.4, -0.2) is 27.8 Å². The Morgan fingerprint density at radius 2 is 1.76 bits per heavy atom. The van der Waals surface area contributed by atoms with Crippen molar-refractivity contribution >= 4 is 21.6 Å². The van der Waals surface area contributed by atoms with Crippen molar-refractivity contribution in [2.45, 2.75) is 24.8 Å². The van der Waals surface area contributed by atoms with E-state index in [-0.39, 0.29) is 17.0 Å². The van der Waals surface area contributed by atoms with Crippen LogP contribution in [0.4, 0.5) is 10.5 Å². The SMILES string of the molecule is COc1ccc(C)cc1NC(=O)NC(C)c1ccc(S(C)(=O)=O)cc1. The van der Waals surface area contributed by atoms with Crippen LogP contribution in [0.25, 0.3) is 0 Å². The number of aryl methyl sites for hydroxylation is 1. The lowest BCUT2D eigenvalue weighted by Crippen LogP contribution is -2.31. The first-order valence-corrected chi connectivity index (χ1v) is 9.62.